The van der Waals surface area contributed by atoms with Crippen LogP contribution in [0.15, 0.2) is 18.2 Å². The van der Waals surface area contributed by atoms with Gasteiger partial charge >= 0.3 is 0 Å². The van der Waals surface area contributed by atoms with E-state index in [2.05, 4.69) is 0 Å². The number of fused-ring (bicyclic) bond motifs is 1. The van der Waals surface area contributed by atoms with Crippen molar-refractivity contribution in [3.63, 3.8) is 0 Å². The molecule has 1 saturated heterocycles. The molecular formula is C22H36N2O4. The molecule has 0 bridgehead atoms. The molecule has 1 aromatic carbocycles. The highest BCUT2D eigenvalue weighted by molar-refractivity contribution is 5.93. The minimum Gasteiger partial charge on any atom is -0.385 e. The highest BCUT2D eigenvalue weighted by Gasteiger charge is 2.44. The highest BCUT2D eigenvalue weighted by atomic mass is 16.5. The molecule has 158 valence electrons. The summed E-state index contributed by atoms with van der Waals surface area (Å²) < 4.78 is 5.07. The Morgan fingerprint density at radius 3 is 2.57 bits per heavy atom. The maximum atomic E-state index is 12.4. The van der Waals surface area contributed by atoms with E-state index in [9.17, 15) is 9.59 Å². The molecule has 0 radical (unpaired) electrons. The predicted molar refractivity (Wildman–Crippen MR) is 111 cm³/mol. The molecule has 0 saturated carbocycles. The van der Waals surface area contributed by atoms with Crippen LogP contribution in [0.4, 0.5) is 0 Å². The molecule has 0 aromatic heterocycles. The largest absolute Gasteiger partial charge is 0.385 e. The fraction of sp³-hybridized carbons (Fsp3) is 0.636. The van der Waals surface area contributed by atoms with E-state index in [4.69, 9.17) is 9.94 Å². The second-order valence-corrected chi connectivity index (χ2v) is 6.94. The van der Waals surface area contributed by atoms with E-state index in [-0.39, 0.29) is 11.3 Å². The highest BCUT2D eigenvalue weighted by Crippen LogP contribution is 2.43. The number of benzene rings is 1. The van der Waals surface area contributed by atoms with Crippen LogP contribution in [0.5, 0.6) is 0 Å². The summed E-state index contributed by atoms with van der Waals surface area (Å²) in [4.78, 5) is 25.9. The molecule has 2 aliphatic rings. The van der Waals surface area contributed by atoms with E-state index in [0.717, 1.165) is 44.3 Å². The summed E-state index contributed by atoms with van der Waals surface area (Å²) in [5.41, 5.74) is 4.47. The van der Waals surface area contributed by atoms with Gasteiger partial charge in [-0.1, -0.05) is 33.8 Å². The Kier molecular flexibility index (Phi) is 10.2. The number of amides is 2. The number of hydrogen-bond donors (Lipinski definition) is 2. The lowest BCUT2D eigenvalue weighted by molar-refractivity contribution is -0.127. The Morgan fingerprint density at radius 2 is 1.93 bits per heavy atom. The molecule has 28 heavy (non-hydrogen) atoms. The number of carbonyl (C=O) groups is 2. The van der Waals surface area contributed by atoms with Crippen LogP contribution in [0.3, 0.4) is 0 Å². The molecule has 1 atom stereocenters. The minimum absolute atomic E-state index is 0.0224. The lowest BCUT2D eigenvalue weighted by Crippen LogP contribution is -2.34. The van der Waals surface area contributed by atoms with Crippen LogP contribution >= 0.6 is 0 Å². The number of carbonyl (C=O) groups excluding carboxylic acids is 2. The second kappa shape index (κ2) is 11.8. The Morgan fingerprint density at radius 1 is 1.21 bits per heavy atom. The van der Waals surface area contributed by atoms with Crippen LogP contribution in [0.25, 0.3) is 0 Å². The zero-order valence-electron chi connectivity index (χ0n) is 18.0. The maximum Gasteiger partial charge on any atom is 0.274 e. The first-order valence-electron chi connectivity index (χ1n) is 10.4. The molecule has 6 heteroatoms. The number of nitrogens with zero attached hydrogens (tertiary/aromatic N) is 1. The molecule has 6 nitrogen and oxygen atoms in total. The normalized spacial score (nSPS) is 19.9. The van der Waals surface area contributed by atoms with Gasteiger partial charge in [-0.05, 0) is 48.9 Å². The van der Waals surface area contributed by atoms with Gasteiger partial charge in [0.2, 0.25) is 5.91 Å². The van der Waals surface area contributed by atoms with Gasteiger partial charge in [0, 0.05) is 44.2 Å². The van der Waals surface area contributed by atoms with Crippen LogP contribution < -0.4 is 5.48 Å². The third-order valence-electron chi connectivity index (χ3n) is 5.24. The molecule has 1 spiro atoms. The summed E-state index contributed by atoms with van der Waals surface area (Å²) >= 11 is 0. The second-order valence-electron chi connectivity index (χ2n) is 6.94. The van der Waals surface area contributed by atoms with Gasteiger partial charge in [-0.2, -0.15) is 0 Å². The Balaban J connectivity index is 0.000000921. The first-order valence-corrected chi connectivity index (χ1v) is 10.4. The Bertz CT molecular complexity index is 647. The maximum absolute atomic E-state index is 12.4. The van der Waals surface area contributed by atoms with Gasteiger partial charge in [-0.3, -0.25) is 14.8 Å². The lowest BCUT2D eigenvalue weighted by atomic mass is 9.70. The number of aryl methyl sites for hydroxylation is 1. The summed E-state index contributed by atoms with van der Waals surface area (Å²) in [6, 6.07) is 5.54. The van der Waals surface area contributed by atoms with Gasteiger partial charge in [0.15, 0.2) is 0 Å². The third-order valence-corrected chi connectivity index (χ3v) is 5.24. The van der Waals surface area contributed by atoms with Crippen molar-refractivity contribution in [3.8, 4) is 0 Å². The number of ether oxygens (including phenoxy) is 1. The molecule has 2 amide bonds. The summed E-state index contributed by atoms with van der Waals surface area (Å²) in [5.74, 6) is -0.278. The summed E-state index contributed by atoms with van der Waals surface area (Å²) in [6.07, 6.45) is 4.17. The monoisotopic (exact) mass is 392 g/mol. The van der Waals surface area contributed by atoms with Crippen molar-refractivity contribution >= 4 is 11.8 Å². The van der Waals surface area contributed by atoms with Crippen molar-refractivity contribution in [1.82, 2.24) is 10.4 Å². The zero-order chi connectivity index (χ0) is 21.2. The van der Waals surface area contributed by atoms with Crippen molar-refractivity contribution in [3.05, 3.63) is 34.9 Å². The fourth-order valence-corrected chi connectivity index (χ4v) is 4.00. The summed E-state index contributed by atoms with van der Waals surface area (Å²) in [7, 11) is 1.67. The summed E-state index contributed by atoms with van der Waals surface area (Å²) in [6.45, 7) is 10.2. The molecule has 1 aliphatic carbocycles. The van der Waals surface area contributed by atoms with Gasteiger partial charge in [0.25, 0.3) is 5.91 Å². The van der Waals surface area contributed by atoms with E-state index in [1.807, 2.05) is 44.7 Å². The van der Waals surface area contributed by atoms with Crippen LogP contribution in [-0.2, 0) is 22.4 Å². The topological polar surface area (TPSA) is 78.9 Å². The van der Waals surface area contributed by atoms with Gasteiger partial charge < -0.3 is 9.64 Å². The molecular weight excluding hydrogens is 356 g/mol. The number of nitrogens with one attached hydrogen (secondary N) is 1. The van der Waals surface area contributed by atoms with Crippen LogP contribution in [0.1, 0.15) is 68.4 Å². The fourth-order valence-electron chi connectivity index (χ4n) is 4.00. The average molecular weight is 393 g/mol. The van der Waals surface area contributed by atoms with Crippen molar-refractivity contribution in [2.75, 3.05) is 26.8 Å². The van der Waals surface area contributed by atoms with Gasteiger partial charge in [-0.25, -0.2) is 5.48 Å². The number of rotatable bonds is 5. The van der Waals surface area contributed by atoms with Gasteiger partial charge in [0.1, 0.15) is 0 Å². The first kappa shape index (κ1) is 24.1. The Labute approximate surface area is 169 Å². The zero-order valence-corrected chi connectivity index (χ0v) is 18.0. The number of hydroxylamine groups is 1. The number of likely N-dealkylation sites (tertiary alicyclic amines) is 1. The molecule has 1 unspecified atom stereocenters. The molecule has 3 rings (SSSR count). The van der Waals surface area contributed by atoms with Crippen molar-refractivity contribution in [1.29, 1.82) is 0 Å². The molecule has 2 N–H and O–H groups in total. The standard InChI is InChI=1S/C18H24N2O4.2C2H6/c1-24-8-2-7-20-12-18(11-16(20)21)6-5-13-3-4-14(17(22)19-23)9-15(13)10-18;2*1-2/h3-4,9,23H,2,5-8,10-12H2,1H3,(H,19,22);2*1-2H3. The quantitative estimate of drug-likeness (QED) is 0.456. The van der Waals surface area contributed by atoms with E-state index in [1.165, 1.54) is 5.56 Å². The SMILES string of the molecule is CC.CC.COCCCN1CC2(CCc3ccc(C(=O)NO)cc3C2)CC1=O. The average Bonchev–Trinajstić information content (AvgIpc) is 3.04. The number of methoxy groups -OCH3 is 1. The van der Waals surface area contributed by atoms with Gasteiger partial charge in [0.05, 0.1) is 0 Å². The molecule has 1 fully saturated rings. The van der Waals surface area contributed by atoms with E-state index in [1.54, 1.807) is 18.7 Å². The van der Waals surface area contributed by atoms with Crippen molar-refractivity contribution < 1.29 is 19.5 Å². The molecule has 1 heterocycles. The Hall–Kier alpha value is -1.92. The van der Waals surface area contributed by atoms with Gasteiger partial charge in [-0.15, -0.1) is 0 Å². The van der Waals surface area contributed by atoms with Crippen molar-refractivity contribution in [2.45, 2.75) is 59.8 Å². The lowest BCUT2D eigenvalue weighted by Gasteiger charge is -2.34. The molecule has 1 aromatic rings. The van der Waals surface area contributed by atoms with E-state index in [0.29, 0.717) is 18.6 Å². The van der Waals surface area contributed by atoms with Crippen LogP contribution in [-0.4, -0.2) is 48.7 Å². The van der Waals surface area contributed by atoms with E-state index >= 15 is 0 Å². The smallest absolute Gasteiger partial charge is 0.274 e. The third kappa shape index (κ3) is 5.79. The van der Waals surface area contributed by atoms with E-state index < -0.39 is 5.91 Å². The number of hydrogen-bond acceptors (Lipinski definition) is 4. The minimum atomic E-state index is -0.499. The summed E-state index contributed by atoms with van der Waals surface area (Å²) in [5, 5.41) is 8.81. The van der Waals surface area contributed by atoms with Crippen molar-refractivity contribution in [2.24, 2.45) is 5.41 Å². The molecule has 1 aliphatic heterocycles. The van der Waals surface area contributed by atoms with Crippen LogP contribution in [0.2, 0.25) is 0 Å². The van der Waals surface area contributed by atoms with Crippen LogP contribution in [0, 0.1) is 5.41 Å². The first-order chi connectivity index (χ1) is 13.6. The predicted octanol–water partition coefficient (Wildman–Crippen LogP) is 3.60.